The third-order valence-electron chi connectivity index (χ3n) is 2.42. The van der Waals surface area contributed by atoms with E-state index in [0.29, 0.717) is 6.54 Å². The fraction of sp³-hybridized carbons (Fsp3) is 0.308. The number of hydrogen-bond acceptors (Lipinski definition) is 2. The summed E-state index contributed by atoms with van der Waals surface area (Å²) in [5.41, 5.74) is 1.17. The SMILES string of the molecule is CC(C)NC(=O)NCc1csc2ccccc12. The van der Waals surface area contributed by atoms with Crippen molar-refractivity contribution in [3.63, 3.8) is 0 Å². The molecule has 0 saturated heterocycles. The van der Waals surface area contributed by atoms with Gasteiger partial charge in [-0.15, -0.1) is 11.3 Å². The van der Waals surface area contributed by atoms with Gasteiger partial charge in [0.15, 0.2) is 0 Å². The van der Waals surface area contributed by atoms with Crippen LogP contribution < -0.4 is 10.6 Å². The minimum Gasteiger partial charge on any atom is -0.336 e. The van der Waals surface area contributed by atoms with Crippen LogP contribution in [0.25, 0.3) is 10.1 Å². The first-order valence-electron chi connectivity index (χ1n) is 5.66. The van der Waals surface area contributed by atoms with Crippen LogP contribution in [0.3, 0.4) is 0 Å². The third kappa shape index (κ3) is 2.97. The van der Waals surface area contributed by atoms with Gasteiger partial charge in [0.2, 0.25) is 0 Å². The minimum atomic E-state index is -0.115. The lowest BCUT2D eigenvalue weighted by atomic mass is 10.2. The molecule has 0 saturated carbocycles. The molecule has 1 aromatic carbocycles. The molecule has 17 heavy (non-hydrogen) atoms. The number of benzene rings is 1. The Balaban J connectivity index is 2.02. The van der Waals surface area contributed by atoms with Gasteiger partial charge in [-0.25, -0.2) is 4.79 Å². The number of carbonyl (C=O) groups is 1. The Morgan fingerprint density at radius 3 is 2.88 bits per heavy atom. The summed E-state index contributed by atoms with van der Waals surface area (Å²) in [7, 11) is 0. The Kier molecular flexibility index (Phi) is 3.64. The van der Waals surface area contributed by atoms with E-state index in [1.807, 2.05) is 26.0 Å². The van der Waals surface area contributed by atoms with Crippen molar-refractivity contribution in [2.75, 3.05) is 0 Å². The molecule has 0 aliphatic heterocycles. The van der Waals surface area contributed by atoms with E-state index in [4.69, 9.17) is 0 Å². The topological polar surface area (TPSA) is 41.1 Å². The molecule has 2 N–H and O–H groups in total. The number of hydrogen-bond donors (Lipinski definition) is 2. The maximum Gasteiger partial charge on any atom is 0.315 e. The summed E-state index contributed by atoms with van der Waals surface area (Å²) >= 11 is 1.71. The summed E-state index contributed by atoms with van der Waals surface area (Å²) in [4.78, 5) is 11.5. The zero-order chi connectivity index (χ0) is 12.3. The summed E-state index contributed by atoms with van der Waals surface area (Å²) in [5, 5.41) is 8.99. The molecule has 0 aliphatic carbocycles. The van der Waals surface area contributed by atoms with Crippen molar-refractivity contribution in [2.45, 2.75) is 26.4 Å². The predicted octanol–water partition coefficient (Wildman–Crippen LogP) is 3.11. The van der Waals surface area contributed by atoms with Crippen LogP contribution in [0.1, 0.15) is 19.4 Å². The number of carbonyl (C=O) groups excluding carboxylic acids is 1. The van der Waals surface area contributed by atoms with Crippen LogP contribution in [0.2, 0.25) is 0 Å². The molecular formula is C13H16N2OS. The van der Waals surface area contributed by atoms with E-state index in [9.17, 15) is 4.79 Å². The van der Waals surface area contributed by atoms with E-state index < -0.39 is 0 Å². The van der Waals surface area contributed by atoms with Gasteiger partial charge in [0.1, 0.15) is 0 Å². The molecule has 0 bridgehead atoms. The summed E-state index contributed by atoms with van der Waals surface area (Å²) in [6.07, 6.45) is 0. The number of amides is 2. The molecular weight excluding hydrogens is 232 g/mol. The first-order valence-corrected chi connectivity index (χ1v) is 6.54. The molecule has 0 unspecified atom stereocenters. The summed E-state index contributed by atoms with van der Waals surface area (Å²) in [6, 6.07) is 8.28. The Hall–Kier alpha value is -1.55. The van der Waals surface area contributed by atoms with E-state index in [0.717, 1.165) is 0 Å². The molecule has 0 spiro atoms. The zero-order valence-corrected chi connectivity index (χ0v) is 10.8. The van der Waals surface area contributed by atoms with E-state index in [-0.39, 0.29) is 12.1 Å². The highest BCUT2D eigenvalue weighted by molar-refractivity contribution is 7.17. The third-order valence-corrected chi connectivity index (χ3v) is 3.43. The van der Waals surface area contributed by atoms with E-state index in [2.05, 4.69) is 28.1 Å². The monoisotopic (exact) mass is 248 g/mol. The average Bonchev–Trinajstić information content (AvgIpc) is 2.69. The van der Waals surface area contributed by atoms with Gasteiger partial charge >= 0.3 is 6.03 Å². The van der Waals surface area contributed by atoms with Gasteiger partial charge in [-0.1, -0.05) is 18.2 Å². The molecule has 0 radical (unpaired) electrons. The highest BCUT2D eigenvalue weighted by Crippen LogP contribution is 2.25. The Morgan fingerprint density at radius 1 is 1.35 bits per heavy atom. The quantitative estimate of drug-likeness (QED) is 0.861. The average molecular weight is 248 g/mol. The number of rotatable bonds is 3. The first kappa shape index (κ1) is 11.9. The van der Waals surface area contributed by atoms with Crippen LogP contribution in [-0.2, 0) is 6.54 Å². The summed E-state index contributed by atoms with van der Waals surface area (Å²) in [5.74, 6) is 0. The lowest BCUT2D eigenvalue weighted by Crippen LogP contribution is -2.38. The summed E-state index contributed by atoms with van der Waals surface area (Å²) < 4.78 is 1.26. The number of nitrogens with one attached hydrogen (secondary N) is 2. The highest BCUT2D eigenvalue weighted by atomic mass is 32.1. The number of thiophene rings is 1. The molecule has 2 amide bonds. The van der Waals surface area contributed by atoms with Gasteiger partial charge in [0.25, 0.3) is 0 Å². The van der Waals surface area contributed by atoms with Gasteiger partial charge in [-0.3, -0.25) is 0 Å². The minimum absolute atomic E-state index is 0.115. The second kappa shape index (κ2) is 5.19. The van der Waals surface area contributed by atoms with E-state index >= 15 is 0 Å². The Labute approximate surface area is 105 Å². The molecule has 1 aromatic heterocycles. The summed E-state index contributed by atoms with van der Waals surface area (Å²) in [6.45, 7) is 4.46. The number of fused-ring (bicyclic) bond motifs is 1. The maximum absolute atomic E-state index is 11.5. The van der Waals surface area contributed by atoms with E-state index in [1.54, 1.807) is 11.3 Å². The van der Waals surface area contributed by atoms with Crippen molar-refractivity contribution >= 4 is 27.5 Å². The van der Waals surface area contributed by atoms with Gasteiger partial charge in [-0.05, 0) is 36.2 Å². The van der Waals surface area contributed by atoms with Crippen LogP contribution >= 0.6 is 11.3 Å². The fourth-order valence-corrected chi connectivity index (χ4v) is 2.62. The van der Waals surface area contributed by atoms with Crippen molar-refractivity contribution < 1.29 is 4.79 Å². The molecule has 3 nitrogen and oxygen atoms in total. The van der Waals surface area contributed by atoms with Crippen LogP contribution in [0.5, 0.6) is 0 Å². The van der Waals surface area contributed by atoms with E-state index in [1.165, 1.54) is 15.6 Å². The lowest BCUT2D eigenvalue weighted by molar-refractivity contribution is 0.238. The lowest BCUT2D eigenvalue weighted by Gasteiger charge is -2.09. The maximum atomic E-state index is 11.5. The van der Waals surface area contributed by atoms with Crippen molar-refractivity contribution in [1.29, 1.82) is 0 Å². The molecule has 0 atom stereocenters. The normalized spacial score (nSPS) is 10.8. The van der Waals surface area contributed by atoms with Crippen LogP contribution in [0.15, 0.2) is 29.6 Å². The van der Waals surface area contributed by atoms with Gasteiger partial charge < -0.3 is 10.6 Å². The highest BCUT2D eigenvalue weighted by Gasteiger charge is 2.05. The molecule has 2 rings (SSSR count). The largest absolute Gasteiger partial charge is 0.336 e. The van der Waals surface area contributed by atoms with Gasteiger partial charge in [-0.2, -0.15) is 0 Å². The van der Waals surface area contributed by atoms with Gasteiger partial charge in [0.05, 0.1) is 0 Å². The van der Waals surface area contributed by atoms with Crippen molar-refractivity contribution in [3.05, 3.63) is 35.2 Å². The molecule has 2 aromatic rings. The first-order chi connectivity index (χ1) is 8.16. The van der Waals surface area contributed by atoms with Crippen LogP contribution in [0, 0.1) is 0 Å². The molecule has 1 heterocycles. The van der Waals surface area contributed by atoms with Crippen LogP contribution in [-0.4, -0.2) is 12.1 Å². The Bertz CT molecular complexity index is 519. The predicted molar refractivity (Wildman–Crippen MR) is 72.3 cm³/mol. The molecule has 4 heteroatoms. The van der Waals surface area contributed by atoms with Crippen molar-refractivity contribution in [2.24, 2.45) is 0 Å². The molecule has 0 aliphatic rings. The van der Waals surface area contributed by atoms with Crippen LogP contribution in [0.4, 0.5) is 4.79 Å². The van der Waals surface area contributed by atoms with Gasteiger partial charge in [0, 0.05) is 17.3 Å². The number of urea groups is 1. The molecule has 90 valence electrons. The Morgan fingerprint density at radius 2 is 2.12 bits per heavy atom. The van der Waals surface area contributed by atoms with Crippen molar-refractivity contribution in [1.82, 2.24) is 10.6 Å². The smallest absolute Gasteiger partial charge is 0.315 e. The molecule has 0 fully saturated rings. The fourth-order valence-electron chi connectivity index (χ4n) is 1.66. The zero-order valence-electron chi connectivity index (χ0n) is 9.99. The second-order valence-corrected chi connectivity index (χ2v) is 5.15. The second-order valence-electron chi connectivity index (χ2n) is 4.24. The standard InChI is InChI=1S/C13H16N2OS/c1-9(2)15-13(16)14-7-10-8-17-12-6-4-3-5-11(10)12/h3-6,8-9H,7H2,1-2H3,(H2,14,15,16). The van der Waals surface area contributed by atoms with Crippen molar-refractivity contribution in [3.8, 4) is 0 Å².